The molecule has 0 atom stereocenters. The van der Waals surface area contributed by atoms with Crippen LogP contribution in [0.2, 0.25) is 0 Å². The Balaban J connectivity index is 2.13. The van der Waals surface area contributed by atoms with E-state index in [1.54, 1.807) is 0 Å². The number of unbranched alkanes of at least 4 members (excludes halogenated alkanes) is 1. The third kappa shape index (κ3) is 2.42. The highest BCUT2D eigenvalue weighted by atomic mass is 16.2. The molecule has 1 aliphatic rings. The molecule has 3 N–H and O–H groups in total. The zero-order valence-corrected chi connectivity index (χ0v) is 10.2. The van der Waals surface area contributed by atoms with E-state index in [2.05, 4.69) is 11.4 Å². The standard InChI is InChI=1S/C13H19N3O/c1-15-11-4-5-12-10(8-11)9-13(17)16(12)7-3-2-6-14/h4-5,8,15H,2-3,6-7,9,14H2,1H3. The Morgan fingerprint density at radius 2 is 2.24 bits per heavy atom. The molecule has 4 heteroatoms. The molecule has 0 aromatic heterocycles. The Morgan fingerprint density at radius 1 is 1.41 bits per heavy atom. The summed E-state index contributed by atoms with van der Waals surface area (Å²) in [6.45, 7) is 1.47. The molecule has 0 radical (unpaired) electrons. The van der Waals surface area contributed by atoms with Gasteiger partial charge in [-0.15, -0.1) is 0 Å². The van der Waals surface area contributed by atoms with E-state index in [9.17, 15) is 4.79 Å². The lowest BCUT2D eigenvalue weighted by Gasteiger charge is -2.17. The summed E-state index contributed by atoms with van der Waals surface area (Å²) >= 11 is 0. The van der Waals surface area contributed by atoms with E-state index in [0.29, 0.717) is 13.0 Å². The van der Waals surface area contributed by atoms with Gasteiger partial charge in [0.15, 0.2) is 0 Å². The number of benzene rings is 1. The maximum atomic E-state index is 11.9. The lowest BCUT2D eigenvalue weighted by atomic mass is 10.1. The topological polar surface area (TPSA) is 58.4 Å². The first-order valence-electron chi connectivity index (χ1n) is 6.07. The van der Waals surface area contributed by atoms with Crippen LogP contribution in [0.3, 0.4) is 0 Å². The fraction of sp³-hybridized carbons (Fsp3) is 0.462. The fourth-order valence-electron chi connectivity index (χ4n) is 2.20. The smallest absolute Gasteiger partial charge is 0.231 e. The summed E-state index contributed by atoms with van der Waals surface area (Å²) in [7, 11) is 1.89. The first kappa shape index (κ1) is 11.9. The Bertz CT molecular complexity index is 417. The van der Waals surface area contributed by atoms with Crippen molar-refractivity contribution in [2.45, 2.75) is 19.3 Å². The molecule has 4 nitrogen and oxygen atoms in total. The number of fused-ring (bicyclic) bond motifs is 1. The summed E-state index contributed by atoms with van der Waals surface area (Å²) in [5.41, 5.74) is 8.71. The number of carbonyl (C=O) groups is 1. The predicted molar refractivity (Wildman–Crippen MR) is 70.3 cm³/mol. The highest BCUT2D eigenvalue weighted by molar-refractivity contribution is 6.01. The van der Waals surface area contributed by atoms with Crippen LogP contribution in [-0.4, -0.2) is 26.0 Å². The van der Waals surface area contributed by atoms with Crippen LogP contribution >= 0.6 is 0 Å². The van der Waals surface area contributed by atoms with Gasteiger partial charge in [-0.25, -0.2) is 0 Å². The van der Waals surface area contributed by atoms with Crippen LogP contribution in [0, 0.1) is 0 Å². The number of nitrogens with two attached hydrogens (primary N) is 1. The van der Waals surface area contributed by atoms with Crippen LogP contribution in [0.5, 0.6) is 0 Å². The van der Waals surface area contributed by atoms with Crippen LogP contribution in [-0.2, 0) is 11.2 Å². The molecule has 1 heterocycles. The van der Waals surface area contributed by atoms with E-state index in [4.69, 9.17) is 5.73 Å². The van der Waals surface area contributed by atoms with Gasteiger partial charge in [0.1, 0.15) is 0 Å². The first-order chi connectivity index (χ1) is 8.26. The van der Waals surface area contributed by atoms with E-state index in [-0.39, 0.29) is 5.91 Å². The number of carbonyl (C=O) groups excluding carboxylic acids is 1. The minimum atomic E-state index is 0.199. The van der Waals surface area contributed by atoms with Crippen molar-refractivity contribution >= 4 is 17.3 Å². The maximum absolute atomic E-state index is 11.9. The van der Waals surface area contributed by atoms with Crippen LogP contribution in [0.4, 0.5) is 11.4 Å². The van der Waals surface area contributed by atoms with Gasteiger partial charge in [0.05, 0.1) is 6.42 Å². The van der Waals surface area contributed by atoms with Crippen molar-refractivity contribution in [1.29, 1.82) is 0 Å². The lowest BCUT2D eigenvalue weighted by Crippen LogP contribution is -2.28. The first-order valence-corrected chi connectivity index (χ1v) is 6.07. The molecule has 0 spiro atoms. The molecule has 0 unspecified atom stereocenters. The summed E-state index contributed by atoms with van der Waals surface area (Å²) < 4.78 is 0. The predicted octanol–water partition coefficient (Wildman–Crippen LogP) is 1.36. The molecule has 0 bridgehead atoms. The van der Waals surface area contributed by atoms with Crippen molar-refractivity contribution in [2.75, 3.05) is 30.4 Å². The molecule has 1 aliphatic heterocycles. The summed E-state index contributed by atoms with van der Waals surface area (Å²) in [6.07, 6.45) is 2.46. The summed E-state index contributed by atoms with van der Waals surface area (Å²) in [5, 5.41) is 3.09. The zero-order valence-electron chi connectivity index (χ0n) is 10.2. The van der Waals surface area contributed by atoms with Gasteiger partial charge in [0, 0.05) is 25.0 Å². The molecule has 0 saturated carbocycles. The Hall–Kier alpha value is -1.55. The number of hydrogen-bond donors (Lipinski definition) is 2. The van der Waals surface area contributed by atoms with E-state index in [0.717, 1.165) is 36.3 Å². The van der Waals surface area contributed by atoms with Crippen LogP contribution in [0.1, 0.15) is 18.4 Å². The SMILES string of the molecule is CNc1ccc2c(c1)CC(=O)N2CCCCN. The zero-order chi connectivity index (χ0) is 12.3. The van der Waals surface area contributed by atoms with Gasteiger partial charge < -0.3 is 16.0 Å². The number of rotatable bonds is 5. The minimum absolute atomic E-state index is 0.199. The molecule has 92 valence electrons. The number of anilines is 2. The second-order valence-electron chi connectivity index (χ2n) is 4.31. The van der Waals surface area contributed by atoms with Gasteiger partial charge in [-0.2, -0.15) is 0 Å². The highest BCUT2D eigenvalue weighted by Crippen LogP contribution is 2.31. The van der Waals surface area contributed by atoms with Crippen LogP contribution in [0.15, 0.2) is 18.2 Å². The Kier molecular flexibility index (Phi) is 3.64. The lowest BCUT2D eigenvalue weighted by molar-refractivity contribution is -0.117. The molecule has 0 aliphatic carbocycles. The highest BCUT2D eigenvalue weighted by Gasteiger charge is 2.26. The maximum Gasteiger partial charge on any atom is 0.231 e. The fourth-order valence-corrected chi connectivity index (χ4v) is 2.20. The molecule has 1 amide bonds. The van der Waals surface area contributed by atoms with Gasteiger partial charge in [-0.3, -0.25) is 4.79 Å². The minimum Gasteiger partial charge on any atom is -0.388 e. The van der Waals surface area contributed by atoms with Crippen molar-refractivity contribution < 1.29 is 4.79 Å². The average molecular weight is 233 g/mol. The largest absolute Gasteiger partial charge is 0.388 e. The van der Waals surface area contributed by atoms with Crippen molar-refractivity contribution in [1.82, 2.24) is 0 Å². The van der Waals surface area contributed by atoms with Crippen molar-refractivity contribution in [2.24, 2.45) is 5.73 Å². The molecule has 17 heavy (non-hydrogen) atoms. The van der Waals surface area contributed by atoms with E-state index in [1.165, 1.54) is 0 Å². The second-order valence-corrected chi connectivity index (χ2v) is 4.31. The second kappa shape index (κ2) is 5.19. The average Bonchev–Trinajstić information content (AvgIpc) is 2.65. The van der Waals surface area contributed by atoms with Gasteiger partial charge in [0.25, 0.3) is 0 Å². The van der Waals surface area contributed by atoms with E-state index in [1.807, 2.05) is 24.1 Å². The number of nitrogens with one attached hydrogen (secondary N) is 1. The molecule has 0 saturated heterocycles. The molecule has 2 rings (SSSR count). The number of amides is 1. The summed E-state index contributed by atoms with van der Waals surface area (Å²) in [5.74, 6) is 0.199. The third-order valence-corrected chi connectivity index (χ3v) is 3.14. The van der Waals surface area contributed by atoms with Gasteiger partial charge >= 0.3 is 0 Å². The van der Waals surface area contributed by atoms with Crippen molar-refractivity contribution in [3.05, 3.63) is 23.8 Å². The van der Waals surface area contributed by atoms with Gasteiger partial charge in [-0.1, -0.05) is 0 Å². The molecular weight excluding hydrogens is 214 g/mol. The van der Waals surface area contributed by atoms with Crippen LogP contribution < -0.4 is 16.0 Å². The number of hydrogen-bond acceptors (Lipinski definition) is 3. The molecule has 1 aromatic rings. The monoisotopic (exact) mass is 233 g/mol. The Labute approximate surface area is 102 Å². The molecule has 1 aromatic carbocycles. The van der Waals surface area contributed by atoms with Crippen LogP contribution in [0.25, 0.3) is 0 Å². The van der Waals surface area contributed by atoms with Crippen molar-refractivity contribution in [3.63, 3.8) is 0 Å². The summed E-state index contributed by atoms with van der Waals surface area (Å²) in [6, 6.07) is 6.08. The summed E-state index contributed by atoms with van der Waals surface area (Å²) in [4.78, 5) is 13.8. The van der Waals surface area contributed by atoms with Gasteiger partial charge in [-0.05, 0) is 43.1 Å². The molecule has 0 fully saturated rings. The normalized spacial score (nSPS) is 14.0. The van der Waals surface area contributed by atoms with E-state index < -0.39 is 0 Å². The molecular formula is C13H19N3O. The van der Waals surface area contributed by atoms with Gasteiger partial charge in [0.2, 0.25) is 5.91 Å². The third-order valence-electron chi connectivity index (χ3n) is 3.14. The van der Waals surface area contributed by atoms with Crippen molar-refractivity contribution in [3.8, 4) is 0 Å². The quantitative estimate of drug-likeness (QED) is 0.755. The Morgan fingerprint density at radius 3 is 2.94 bits per heavy atom. The van der Waals surface area contributed by atoms with E-state index >= 15 is 0 Å². The number of nitrogens with zero attached hydrogens (tertiary/aromatic N) is 1.